The molecular formula is C15H13ClN3O+. The largest absolute Gasteiger partial charge is 0.311 e. The van der Waals surface area contributed by atoms with Gasteiger partial charge in [-0.25, -0.2) is 9.55 Å². The number of hydrogen-bond acceptors (Lipinski definition) is 2. The molecule has 0 atom stereocenters. The van der Waals surface area contributed by atoms with Crippen LogP contribution in [0.4, 0.5) is 5.82 Å². The maximum atomic E-state index is 11.1. The Hall–Kier alpha value is -2.20. The van der Waals surface area contributed by atoms with Gasteiger partial charge in [0.1, 0.15) is 12.9 Å². The third-order valence-electron chi connectivity index (χ3n) is 3.20. The molecule has 0 bridgehead atoms. The van der Waals surface area contributed by atoms with Gasteiger partial charge in [-0.15, -0.1) is 0 Å². The van der Waals surface area contributed by atoms with Gasteiger partial charge < -0.3 is 5.32 Å². The Labute approximate surface area is 121 Å². The number of amides is 1. The SMILES string of the molecule is CC(=O)Nc1cc2c(cn1)c[n+](C)c1cc(Cl)ccc21. The predicted molar refractivity (Wildman–Crippen MR) is 79.7 cm³/mol. The van der Waals surface area contributed by atoms with Crippen LogP contribution in [0.15, 0.2) is 36.7 Å². The average molecular weight is 287 g/mol. The van der Waals surface area contributed by atoms with Crippen molar-refractivity contribution in [3.8, 4) is 0 Å². The molecule has 1 amide bonds. The van der Waals surface area contributed by atoms with Crippen molar-refractivity contribution in [3.63, 3.8) is 0 Å². The normalized spacial score (nSPS) is 10.9. The molecule has 0 aliphatic heterocycles. The van der Waals surface area contributed by atoms with E-state index in [0.717, 1.165) is 21.7 Å². The first kappa shape index (κ1) is 12.8. The van der Waals surface area contributed by atoms with E-state index in [-0.39, 0.29) is 5.91 Å². The van der Waals surface area contributed by atoms with Crippen molar-refractivity contribution in [3.05, 3.63) is 41.7 Å². The number of carbonyl (C=O) groups is 1. The number of halogens is 1. The molecular weight excluding hydrogens is 274 g/mol. The number of rotatable bonds is 1. The van der Waals surface area contributed by atoms with E-state index >= 15 is 0 Å². The zero-order chi connectivity index (χ0) is 14.3. The molecule has 5 heteroatoms. The minimum Gasteiger partial charge on any atom is -0.311 e. The van der Waals surface area contributed by atoms with Gasteiger partial charge >= 0.3 is 0 Å². The van der Waals surface area contributed by atoms with Crippen LogP contribution >= 0.6 is 11.6 Å². The summed E-state index contributed by atoms with van der Waals surface area (Å²) in [6, 6.07) is 7.65. The van der Waals surface area contributed by atoms with E-state index in [1.54, 1.807) is 6.20 Å². The third kappa shape index (κ3) is 2.18. The van der Waals surface area contributed by atoms with Crippen molar-refractivity contribution in [1.29, 1.82) is 0 Å². The second-order valence-electron chi connectivity index (χ2n) is 4.74. The van der Waals surface area contributed by atoms with Gasteiger partial charge in [-0.2, -0.15) is 0 Å². The fraction of sp³-hybridized carbons (Fsp3) is 0.133. The molecule has 0 aliphatic rings. The molecule has 100 valence electrons. The zero-order valence-electron chi connectivity index (χ0n) is 11.1. The summed E-state index contributed by atoms with van der Waals surface area (Å²) < 4.78 is 2.02. The molecule has 0 spiro atoms. The molecule has 2 aromatic heterocycles. The molecule has 0 aliphatic carbocycles. The molecule has 1 aromatic carbocycles. The van der Waals surface area contributed by atoms with Crippen LogP contribution in [0.2, 0.25) is 5.02 Å². The smallest absolute Gasteiger partial charge is 0.222 e. The van der Waals surface area contributed by atoms with E-state index in [0.29, 0.717) is 10.8 Å². The summed E-state index contributed by atoms with van der Waals surface area (Å²) in [5.74, 6) is 0.417. The summed E-state index contributed by atoms with van der Waals surface area (Å²) in [4.78, 5) is 15.4. The summed E-state index contributed by atoms with van der Waals surface area (Å²) in [6.45, 7) is 1.47. The molecule has 0 saturated heterocycles. The Balaban J connectivity index is 2.34. The molecule has 4 nitrogen and oxygen atoms in total. The number of hydrogen-bond donors (Lipinski definition) is 1. The Morgan fingerprint density at radius 1 is 1.30 bits per heavy atom. The summed E-state index contributed by atoms with van der Waals surface area (Å²) in [7, 11) is 1.97. The van der Waals surface area contributed by atoms with Gasteiger partial charge in [0.05, 0.1) is 10.8 Å². The average Bonchev–Trinajstić information content (AvgIpc) is 2.39. The van der Waals surface area contributed by atoms with Crippen LogP contribution in [0.1, 0.15) is 6.92 Å². The maximum Gasteiger partial charge on any atom is 0.222 e. The summed E-state index contributed by atoms with van der Waals surface area (Å²) in [5, 5.41) is 6.52. The minimum atomic E-state index is -0.134. The van der Waals surface area contributed by atoms with E-state index in [2.05, 4.69) is 10.3 Å². The highest BCUT2D eigenvalue weighted by molar-refractivity contribution is 6.31. The second kappa shape index (κ2) is 4.72. The number of nitrogens with one attached hydrogen (secondary N) is 1. The summed E-state index contributed by atoms with van der Waals surface area (Å²) in [6.07, 6.45) is 3.76. The number of aromatic nitrogens is 2. The van der Waals surface area contributed by atoms with E-state index in [1.165, 1.54) is 6.92 Å². The Morgan fingerprint density at radius 3 is 2.85 bits per heavy atom. The maximum absolute atomic E-state index is 11.1. The van der Waals surface area contributed by atoms with E-state index < -0.39 is 0 Å². The molecule has 3 aromatic rings. The number of pyridine rings is 2. The monoisotopic (exact) mass is 286 g/mol. The molecule has 0 unspecified atom stereocenters. The van der Waals surface area contributed by atoms with Crippen molar-refractivity contribution in [2.24, 2.45) is 7.05 Å². The van der Waals surface area contributed by atoms with Gasteiger partial charge in [0, 0.05) is 29.6 Å². The predicted octanol–water partition coefficient (Wildman–Crippen LogP) is 2.82. The number of nitrogens with zero attached hydrogens (tertiary/aromatic N) is 2. The van der Waals surface area contributed by atoms with Crippen LogP contribution in [0.25, 0.3) is 21.7 Å². The first-order valence-corrected chi connectivity index (χ1v) is 6.57. The quantitative estimate of drug-likeness (QED) is 0.552. The Bertz CT molecular complexity index is 845. The van der Waals surface area contributed by atoms with Crippen LogP contribution in [0, 0.1) is 0 Å². The van der Waals surface area contributed by atoms with Crippen molar-refractivity contribution in [2.75, 3.05) is 5.32 Å². The van der Waals surface area contributed by atoms with E-state index in [1.807, 2.05) is 42.1 Å². The topological polar surface area (TPSA) is 45.9 Å². The van der Waals surface area contributed by atoms with Gasteiger partial charge in [-0.1, -0.05) is 11.6 Å². The van der Waals surface area contributed by atoms with Gasteiger partial charge in [0.2, 0.25) is 11.4 Å². The molecule has 0 fully saturated rings. The Morgan fingerprint density at radius 2 is 2.10 bits per heavy atom. The van der Waals surface area contributed by atoms with Crippen molar-refractivity contribution in [2.45, 2.75) is 6.92 Å². The number of aryl methyl sites for hydroxylation is 1. The van der Waals surface area contributed by atoms with Crippen LogP contribution in [-0.2, 0) is 11.8 Å². The van der Waals surface area contributed by atoms with Crippen LogP contribution in [-0.4, -0.2) is 10.9 Å². The van der Waals surface area contributed by atoms with Gasteiger partial charge in [-0.3, -0.25) is 4.79 Å². The standard InChI is InChI=1S/C15H12ClN3O/c1-9(20)18-15-6-13-10(7-17-15)8-19(2)14-5-11(16)3-4-12(13)14/h3-8H,1-2H3/p+1. The summed E-state index contributed by atoms with van der Waals surface area (Å²) >= 11 is 6.06. The Kier molecular flexibility index (Phi) is 3.03. The van der Waals surface area contributed by atoms with Crippen molar-refractivity contribution in [1.82, 2.24) is 4.98 Å². The van der Waals surface area contributed by atoms with Gasteiger partial charge in [0.25, 0.3) is 0 Å². The second-order valence-corrected chi connectivity index (χ2v) is 5.18. The fourth-order valence-corrected chi connectivity index (χ4v) is 2.52. The molecule has 0 saturated carbocycles. The van der Waals surface area contributed by atoms with Crippen LogP contribution in [0.5, 0.6) is 0 Å². The first-order chi connectivity index (χ1) is 9.54. The van der Waals surface area contributed by atoms with Crippen LogP contribution in [0.3, 0.4) is 0 Å². The molecule has 20 heavy (non-hydrogen) atoms. The highest BCUT2D eigenvalue weighted by atomic mass is 35.5. The van der Waals surface area contributed by atoms with Crippen molar-refractivity contribution < 1.29 is 9.36 Å². The van der Waals surface area contributed by atoms with Gasteiger partial charge in [-0.05, 0) is 18.2 Å². The number of carbonyl (C=O) groups excluding carboxylic acids is 1. The third-order valence-corrected chi connectivity index (χ3v) is 3.44. The lowest BCUT2D eigenvalue weighted by Crippen LogP contribution is -2.28. The number of anilines is 1. The van der Waals surface area contributed by atoms with E-state index in [4.69, 9.17) is 11.6 Å². The molecule has 0 radical (unpaired) electrons. The van der Waals surface area contributed by atoms with Crippen LogP contribution < -0.4 is 9.88 Å². The lowest BCUT2D eigenvalue weighted by molar-refractivity contribution is -0.643. The van der Waals surface area contributed by atoms with Crippen molar-refractivity contribution >= 4 is 45.0 Å². The molecule has 3 rings (SSSR count). The highest BCUT2D eigenvalue weighted by Crippen LogP contribution is 2.25. The number of benzene rings is 1. The molecule has 1 N–H and O–H groups in total. The minimum absolute atomic E-state index is 0.134. The lowest BCUT2D eigenvalue weighted by Gasteiger charge is -2.05. The lowest BCUT2D eigenvalue weighted by atomic mass is 10.1. The molecule has 2 heterocycles. The summed E-state index contributed by atoms with van der Waals surface area (Å²) in [5.41, 5.74) is 1.03. The van der Waals surface area contributed by atoms with Gasteiger partial charge in [0.15, 0.2) is 6.20 Å². The first-order valence-electron chi connectivity index (χ1n) is 6.20. The number of fused-ring (bicyclic) bond motifs is 3. The van der Waals surface area contributed by atoms with E-state index in [9.17, 15) is 4.79 Å². The fourth-order valence-electron chi connectivity index (χ4n) is 2.35. The highest BCUT2D eigenvalue weighted by Gasteiger charge is 2.12. The zero-order valence-corrected chi connectivity index (χ0v) is 11.9.